The van der Waals surface area contributed by atoms with Gasteiger partial charge in [-0.25, -0.2) is 14.8 Å². The molecule has 2 saturated heterocycles. The van der Waals surface area contributed by atoms with Crippen LogP contribution >= 0.6 is 0 Å². The third-order valence-electron chi connectivity index (χ3n) is 9.40. The van der Waals surface area contributed by atoms with Crippen LogP contribution in [0.3, 0.4) is 0 Å². The second kappa shape index (κ2) is 11.1. The lowest BCUT2D eigenvalue weighted by atomic mass is 9.92. The Morgan fingerprint density at radius 1 is 1.09 bits per heavy atom. The number of aromatic amines is 2. The number of nitrogens with zero attached hydrogens (tertiary/aromatic N) is 3. The lowest BCUT2D eigenvalue weighted by Crippen LogP contribution is -2.37. The zero-order valence-electron chi connectivity index (χ0n) is 26.8. The van der Waals surface area contributed by atoms with E-state index in [1.54, 1.807) is 12.0 Å². The van der Waals surface area contributed by atoms with Crippen molar-refractivity contribution < 1.29 is 19.0 Å². The molecule has 0 bridgehead atoms. The Hall–Kier alpha value is -4.41. The fourth-order valence-corrected chi connectivity index (χ4v) is 7.27. The van der Waals surface area contributed by atoms with E-state index in [9.17, 15) is 4.79 Å². The molecule has 3 N–H and O–H groups in total. The van der Waals surface area contributed by atoms with Gasteiger partial charge in [0.1, 0.15) is 29.6 Å². The minimum Gasteiger partial charge on any atom is -0.488 e. The summed E-state index contributed by atoms with van der Waals surface area (Å²) in [5.74, 6) is 2.85. The molecule has 5 heterocycles. The summed E-state index contributed by atoms with van der Waals surface area (Å²) in [5.41, 5.74) is 6.75. The van der Waals surface area contributed by atoms with Crippen molar-refractivity contribution >= 4 is 27.9 Å². The lowest BCUT2D eigenvalue weighted by molar-refractivity contribution is 0.0208. The van der Waals surface area contributed by atoms with Crippen LogP contribution in [0, 0.1) is 5.92 Å². The topological polar surface area (TPSA) is 117 Å². The molecule has 2 fully saturated rings. The summed E-state index contributed by atoms with van der Waals surface area (Å²) in [6, 6.07) is 15.2. The molecule has 2 aromatic heterocycles. The number of hydrogen-bond donors (Lipinski definition) is 3. The van der Waals surface area contributed by atoms with Gasteiger partial charge in [-0.05, 0) is 92.9 Å². The standard InChI is InChI=1S/C36H40N6O4/c1-36(2,3)46-35(43)42-17-20(18-44-4)12-30(42)34-38-16-29(40-34)22-7-9-24-23(13-22)19-45-31-15-25-21(14-26(24)31)8-10-27-32(25)41-33(39-27)28-6-5-11-37-28/h7-10,13-16,20,28,30,37H,5-6,11-12,17-19H2,1-4H3,(H,38,40)(H,39,41). The van der Waals surface area contributed by atoms with Crippen molar-refractivity contribution in [1.82, 2.24) is 30.2 Å². The van der Waals surface area contributed by atoms with E-state index in [2.05, 4.69) is 57.7 Å². The summed E-state index contributed by atoms with van der Waals surface area (Å²) in [7, 11) is 1.69. The molecule has 1 amide bonds. The van der Waals surface area contributed by atoms with Gasteiger partial charge in [0, 0.05) is 30.5 Å². The quantitative estimate of drug-likeness (QED) is 0.193. The van der Waals surface area contributed by atoms with Gasteiger partial charge in [-0.2, -0.15) is 0 Å². The Bertz CT molecular complexity index is 1950. The van der Waals surface area contributed by atoms with Crippen molar-refractivity contribution in [2.45, 2.75) is 64.3 Å². The molecule has 5 aromatic rings. The predicted octanol–water partition coefficient (Wildman–Crippen LogP) is 7.03. The molecule has 3 aliphatic heterocycles. The molecule has 3 aromatic carbocycles. The van der Waals surface area contributed by atoms with E-state index in [1.165, 1.54) is 12.0 Å². The van der Waals surface area contributed by atoms with Gasteiger partial charge >= 0.3 is 6.09 Å². The lowest BCUT2D eigenvalue weighted by Gasteiger charge is -2.27. The number of imidazole rings is 2. The molecule has 10 heteroatoms. The van der Waals surface area contributed by atoms with E-state index in [1.807, 2.05) is 27.0 Å². The van der Waals surface area contributed by atoms with Crippen LogP contribution in [0.1, 0.15) is 69.3 Å². The highest BCUT2D eigenvalue weighted by Crippen LogP contribution is 2.43. The molecule has 3 aliphatic rings. The maximum absolute atomic E-state index is 13.1. The molecule has 238 valence electrons. The number of carbonyl (C=O) groups is 1. The number of ether oxygens (including phenoxy) is 3. The maximum Gasteiger partial charge on any atom is 0.410 e. The number of methoxy groups -OCH3 is 1. The van der Waals surface area contributed by atoms with Gasteiger partial charge in [-0.15, -0.1) is 0 Å². The van der Waals surface area contributed by atoms with Crippen LogP contribution in [0.25, 0.3) is 44.2 Å². The first kappa shape index (κ1) is 29.0. The van der Waals surface area contributed by atoms with Gasteiger partial charge in [0.25, 0.3) is 0 Å². The van der Waals surface area contributed by atoms with Crippen LogP contribution in [-0.4, -0.2) is 63.3 Å². The first-order valence-corrected chi connectivity index (χ1v) is 16.2. The van der Waals surface area contributed by atoms with Crippen molar-refractivity contribution in [3.8, 4) is 28.1 Å². The zero-order valence-corrected chi connectivity index (χ0v) is 26.8. The number of nitrogens with one attached hydrogen (secondary N) is 3. The fourth-order valence-electron chi connectivity index (χ4n) is 7.27. The molecular weight excluding hydrogens is 580 g/mol. The van der Waals surface area contributed by atoms with E-state index < -0.39 is 5.60 Å². The monoisotopic (exact) mass is 620 g/mol. The molecule has 8 rings (SSSR count). The second-order valence-corrected chi connectivity index (χ2v) is 13.9. The number of H-pyrrole nitrogens is 2. The van der Waals surface area contributed by atoms with E-state index in [0.717, 1.165) is 81.0 Å². The summed E-state index contributed by atoms with van der Waals surface area (Å²) in [6.45, 7) is 8.32. The van der Waals surface area contributed by atoms with Gasteiger partial charge in [-0.1, -0.05) is 18.2 Å². The third-order valence-corrected chi connectivity index (χ3v) is 9.40. The van der Waals surface area contributed by atoms with Gasteiger partial charge in [0.2, 0.25) is 0 Å². The van der Waals surface area contributed by atoms with Crippen molar-refractivity contribution in [1.29, 1.82) is 0 Å². The molecule has 3 atom stereocenters. The van der Waals surface area contributed by atoms with Crippen molar-refractivity contribution in [3.63, 3.8) is 0 Å². The number of rotatable bonds is 5. The molecule has 10 nitrogen and oxygen atoms in total. The average Bonchev–Trinajstić information content (AvgIpc) is 3.85. The van der Waals surface area contributed by atoms with Crippen LogP contribution in [-0.2, 0) is 16.1 Å². The number of hydrogen-bond acceptors (Lipinski definition) is 7. The molecular formula is C36H40N6O4. The average molecular weight is 621 g/mol. The minimum atomic E-state index is -0.577. The number of carbonyl (C=O) groups excluding carboxylic acids is 1. The summed E-state index contributed by atoms with van der Waals surface area (Å²) in [5, 5.41) is 5.78. The normalized spacial score (nSPS) is 21.0. The summed E-state index contributed by atoms with van der Waals surface area (Å²) in [6.07, 6.45) is 4.56. The first-order valence-electron chi connectivity index (χ1n) is 16.2. The van der Waals surface area contributed by atoms with E-state index >= 15 is 0 Å². The molecule has 0 radical (unpaired) electrons. The van der Waals surface area contributed by atoms with Gasteiger partial charge in [0.05, 0.1) is 41.6 Å². The summed E-state index contributed by atoms with van der Waals surface area (Å²) < 4.78 is 17.5. The first-order chi connectivity index (χ1) is 22.2. The van der Waals surface area contributed by atoms with Gasteiger partial charge in [-0.3, -0.25) is 4.90 Å². The third kappa shape index (κ3) is 5.19. The zero-order chi connectivity index (χ0) is 31.6. The Morgan fingerprint density at radius 2 is 1.98 bits per heavy atom. The predicted molar refractivity (Wildman–Crippen MR) is 177 cm³/mol. The largest absolute Gasteiger partial charge is 0.488 e. The maximum atomic E-state index is 13.1. The highest BCUT2D eigenvalue weighted by Gasteiger charge is 2.40. The van der Waals surface area contributed by atoms with Crippen molar-refractivity contribution in [3.05, 3.63) is 65.9 Å². The molecule has 0 aliphatic carbocycles. The number of fused-ring (bicyclic) bond motifs is 6. The molecule has 46 heavy (non-hydrogen) atoms. The molecule has 0 spiro atoms. The van der Waals surface area contributed by atoms with Crippen LogP contribution < -0.4 is 10.1 Å². The number of amides is 1. The van der Waals surface area contributed by atoms with E-state index in [0.29, 0.717) is 19.8 Å². The molecule has 0 saturated carbocycles. The van der Waals surface area contributed by atoms with Crippen LogP contribution in [0.15, 0.2) is 48.7 Å². The smallest absolute Gasteiger partial charge is 0.410 e. The van der Waals surface area contributed by atoms with Crippen molar-refractivity contribution in [2.24, 2.45) is 5.92 Å². The van der Waals surface area contributed by atoms with E-state index in [4.69, 9.17) is 24.2 Å². The minimum absolute atomic E-state index is 0.212. The van der Waals surface area contributed by atoms with Crippen LogP contribution in [0.2, 0.25) is 0 Å². The van der Waals surface area contributed by atoms with Crippen LogP contribution in [0.4, 0.5) is 4.79 Å². The number of aromatic nitrogens is 4. The van der Waals surface area contributed by atoms with Gasteiger partial charge < -0.3 is 29.5 Å². The second-order valence-electron chi connectivity index (χ2n) is 13.9. The Morgan fingerprint density at radius 3 is 2.78 bits per heavy atom. The Labute approximate surface area is 267 Å². The van der Waals surface area contributed by atoms with Gasteiger partial charge in [0.15, 0.2) is 0 Å². The Balaban J connectivity index is 1.08. The van der Waals surface area contributed by atoms with Crippen molar-refractivity contribution in [2.75, 3.05) is 26.8 Å². The van der Waals surface area contributed by atoms with E-state index in [-0.39, 0.29) is 24.1 Å². The number of benzene rings is 3. The fraction of sp³-hybridized carbons (Fsp3) is 0.417. The van der Waals surface area contributed by atoms with Crippen LogP contribution in [0.5, 0.6) is 5.75 Å². The summed E-state index contributed by atoms with van der Waals surface area (Å²) in [4.78, 5) is 31.7. The SMILES string of the molecule is COCC1CC(c2ncc(-c3ccc4c(c3)COc3cc5c(ccc6[nH]c(C7CCCN7)nc65)cc3-4)[nH]2)N(C(=O)OC(C)(C)C)C1. The highest BCUT2D eigenvalue weighted by molar-refractivity contribution is 6.07. The number of likely N-dealkylation sites (tertiary alicyclic amines) is 1. The summed E-state index contributed by atoms with van der Waals surface area (Å²) >= 11 is 0. The highest BCUT2D eigenvalue weighted by atomic mass is 16.6. The molecule has 3 unspecified atom stereocenters. The Kier molecular flexibility index (Phi) is 7.02.